The summed E-state index contributed by atoms with van der Waals surface area (Å²) in [5.74, 6) is -2.79. The zero-order valence-electron chi connectivity index (χ0n) is 14.3. The number of unbranched alkanes of at least 4 members (excludes halogenated alkanes) is 1. The third-order valence-corrected chi connectivity index (χ3v) is 7.01. The van der Waals surface area contributed by atoms with Gasteiger partial charge in [-0.1, -0.05) is 0 Å². The van der Waals surface area contributed by atoms with Gasteiger partial charge in [-0.15, -0.1) is 0 Å². The Balaban J connectivity index is 1.40. The molecule has 0 aliphatic heterocycles. The molecule has 4 bridgehead atoms. The predicted molar refractivity (Wildman–Crippen MR) is 86.0 cm³/mol. The highest BCUT2D eigenvalue weighted by Crippen LogP contribution is 2.56. The lowest BCUT2D eigenvalue weighted by molar-refractivity contribution is -0.165. The van der Waals surface area contributed by atoms with Crippen LogP contribution in [0.3, 0.4) is 0 Å². The maximum absolute atomic E-state index is 13.3. The maximum Gasteiger partial charge on any atom is 0.406 e. The minimum absolute atomic E-state index is 0.0166. The van der Waals surface area contributed by atoms with E-state index >= 15 is 0 Å². The van der Waals surface area contributed by atoms with Gasteiger partial charge in [0.2, 0.25) is 11.1 Å². The van der Waals surface area contributed by atoms with E-state index in [2.05, 4.69) is 0 Å². The van der Waals surface area contributed by atoms with Crippen molar-refractivity contribution in [1.82, 2.24) is 0 Å². The second-order valence-electron chi connectivity index (χ2n) is 8.05. The second-order valence-corrected chi connectivity index (χ2v) is 9.06. The van der Waals surface area contributed by atoms with Gasteiger partial charge < -0.3 is 9.29 Å². The van der Waals surface area contributed by atoms with Crippen molar-refractivity contribution < 1.29 is 35.9 Å². The Hall–Kier alpha value is -0.700. The molecular weight excluding hydrogens is 376 g/mol. The Morgan fingerprint density at radius 1 is 1.00 bits per heavy atom. The molecule has 1 N–H and O–H groups in total. The summed E-state index contributed by atoms with van der Waals surface area (Å²) in [6, 6.07) is 0. The van der Waals surface area contributed by atoms with Crippen LogP contribution in [0.2, 0.25) is 0 Å². The van der Waals surface area contributed by atoms with Crippen LogP contribution in [0.25, 0.3) is 0 Å². The minimum atomic E-state index is -4.98. The lowest BCUT2D eigenvalue weighted by atomic mass is 9.52. The SMILES string of the molecule is O=C(OCCCCC(F)(F)C(F)(F)S(=O)O)C1C2CC3CC(C2)CC1C3. The van der Waals surface area contributed by atoms with E-state index in [9.17, 15) is 26.6 Å². The molecule has 1 atom stereocenters. The van der Waals surface area contributed by atoms with Crippen LogP contribution < -0.4 is 0 Å². The van der Waals surface area contributed by atoms with Crippen molar-refractivity contribution in [3.8, 4) is 0 Å². The standard InChI is InChI=1S/C17H24F4O4S/c18-16(19,17(20,21)26(23)24)3-1-2-4-25-15(22)14-12-6-10-5-11(8-12)9-13(14)7-10/h10-14H,1-9H2,(H,23,24). The molecule has 0 amide bonds. The summed E-state index contributed by atoms with van der Waals surface area (Å²) in [6.45, 7) is -0.0918. The van der Waals surface area contributed by atoms with Crippen LogP contribution in [0.4, 0.5) is 17.6 Å². The number of alkyl halides is 4. The zero-order valence-corrected chi connectivity index (χ0v) is 15.2. The molecule has 4 rings (SSSR count). The van der Waals surface area contributed by atoms with Crippen LogP contribution in [0, 0.1) is 29.6 Å². The fourth-order valence-electron chi connectivity index (χ4n) is 5.30. The van der Waals surface area contributed by atoms with Crippen molar-refractivity contribution in [1.29, 1.82) is 0 Å². The molecule has 0 aromatic heterocycles. The van der Waals surface area contributed by atoms with E-state index in [4.69, 9.17) is 9.29 Å². The van der Waals surface area contributed by atoms with E-state index in [1.165, 1.54) is 6.42 Å². The number of esters is 1. The van der Waals surface area contributed by atoms with Crippen molar-refractivity contribution in [2.75, 3.05) is 6.61 Å². The number of carbonyl (C=O) groups is 1. The number of halogens is 4. The summed E-state index contributed by atoms with van der Waals surface area (Å²) < 4.78 is 76.5. The predicted octanol–water partition coefficient (Wildman–Crippen LogP) is 4.22. The Labute approximate surface area is 152 Å². The molecule has 0 aromatic carbocycles. The third-order valence-electron chi connectivity index (χ3n) is 6.27. The molecule has 0 heterocycles. The van der Waals surface area contributed by atoms with Crippen molar-refractivity contribution >= 4 is 17.0 Å². The van der Waals surface area contributed by atoms with Gasteiger partial charge in [0.25, 0.3) is 0 Å². The highest BCUT2D eigenvalue weighted by atomic mass is 32.2. The topological polar surface area (TPSA) is 63.6 Å². The first-order valence-electron chi connectivity index (χ1n) is 9.15. The van der Waals surface area contributed by atoms with E-state index < -0.39 is 28.7 Å². The monoisotopic (exact) mass is 400 g/mol. The van der Waals surface area contributed by atoms with Crippen LogP contribution in [0.15, 0.2) is 0 Å². The molecule has 150 valence electrons. The summed E-state index contributed by atoms with van der Waals surface area (Å²) >= 11 is -3.93. The molecule has 26 heavy (non-hydrogen) atoms. The van der Waals surface area contributed by atoms with Crippen molar-refractivity contribution in [2.45, 2.75) is 62.5 Å². The Morgan fingerprint density at radius 3 is 2.04 bits per heavy atom. The molecule has 1 unspecified atom stereocenters. The van der Waals surface area contributed by atoms with E-state index in [1.54, 1.807) is 0 Å². The molecule has 4 fully saturated rings. The van der Waals surface area contributed by atoms with Gasteiger partial charge in [0.15, 0.2) is 0 Å². The smallest absolute Gasteiger partial charge is 0.406 e. The maximum atomic E-state index is 13.3. The Bertz CT molecular complexity index is 541. The van der Waals surface area contributed by atoms with Gasteiger partial charge in [0, 0.05) is 6.42 Å². The van der Waals surface area contributed by atoms with Crippen molar-refractivity contribution in [3.63, 3.8) is 0 Å². The molecule has 0 radical (unpaired) electrons. The van der Waals surface area contributed by atoms with Gasteiger partial charge in [0.05, 0.1) is 12.5 Å². The molecule has 4 saturated carbocycles. The van der Waals surface area contributed by atoms with Crippen LogP contribution in [-0.4, -0.2) is 32.5 Å². The summed E-state index contributed by atoms with van der Waals surface area (Å²) in [7, 11) is 0. The number of hydrogen-bond donors (Lipinski definition) is 1. The van der Waals surface area contributed by atoms with Gasteiger partial charge >= 0.3 is 17.1 Å². The summed E-state index contributed by atoms with van der Waals surface area (Å²) in [5.41, 5.74) is 0. The van der Waals surface area contributed by atoms with Crippen LogP contribution in [0.5, 0.6) is 0 Å². The largest absolute Gasteiger partial charge is 0.465 e. The second kappa shape index (κ2) is 7.37. The molecule has 0 saturated heterocycles. The van der Waals surface area contributed by atoms with Crippen molar-refractivity contribution in [2.24, 2.45) is 29.6 Å². The molecule has 9 heteroatoms. The fourth-order valence-corrected chi connectivity index (χ4v) is 5.66. The lowest BCUT2D eigenvalue weighted by Gasteiger charge is -2.53. The molecule has 4 aliphatic rings. The zero-order chi connectivity index (χ0) is 19.1. The normalized spacial score (nSPS) is 34.7. The molecular formula is C17H24F4O4S. The van der Waals surface area contributed by atoms with Gasteiger partial charge in [-0.25, -0.2) is 4.21 Å². The summed E-state index contributed by atoms with van der Waals surface area (Å²) in [6.07, 6.45) is 3.98. The average molecular weight is 400 g/mol. The number of ether oxygens (including phenoxy) is 1. The molecule has 4 aliphatic carbocycles. The van der Waals surface area contributed by atoms with Gasteiger partial charge in [0.1, 0.15) is 0 Å². The molecule has 0 aromatic rings. The minimum Gasteiger partial charge on any atom is -0.465 e. The van der Waals surface area contributed by atoms with Crippen LogP contribution in [0.1, 0.15) is 51.4 Å². The molecule has 0 spiro atoms. The van der Waals surface area contributed by atoms with E-state index in [0.29, 0.717) is 11.8 Å². The van der Waals surface area contributed by atoms with E-state index in [0.717, 1.165) is 37.5 Å². The Morgan fingerprint density at radius 2 is 1.54 bits per heavy atom. The first-order valence-corrected chi connectivity index (χ1v) is 10.3. The lowest BCUT2D eigenvalue weighted by Crippen LogP contribution is -2.48. The Kier molecular flexibility index (Phi) is 5.68. The average Bonchev–Trinajstić information content (AvgIpc) is 2.53. The number of hydrogen-bond acceptors (Lipinski definition) is 3. The first-order chi connectivity index (χ1) is 12.1. The number of carbonyl (C=O) groups excluding carboxylic acids is 1. The van der Waals surface area contributed by atoms with Gasteiger partial charge in [-0.05, 0) is 68.6 Å². The summed E-state index contributed by atoms with van der Waals surface area (Å²) in [5, 5.41) is -4.98. The first kappa shape index (κ1) is 20.0. The number of rotatable bonds is 8. The highest BCUT2D eigenvalue weighted by Gasteiger charge is 2.60. The quantitative estimate of drug-likeness (QED) is 0.287. The summed E-state index contributed by atoms with van der Waals surface area (Å²) in [4.78, 5) is 12.4. The highest BCUT2D eigenvalue weighted by molar-refractivity contribution is 7.80. The van der Waals surface area contributed by atoms with Gasteiger partial charge in [-0.3, -0.25) is 4.79 Å². The third kappa shape index (κ3) is 3.79. The van der Waals surface area contributed by atoms with Crippen molar-refractivity contribution in [3.05, 3.63) is 0 Å². The fraction of sp³-hybridized carbons (Fsp3) is 0.941. The van der Waals surface area contributed by atoms with Crippen LogP contribution >= 0.6 is 0 Å². The van der Waals surface area contributed by atoms with Gasteiger partial charge in [-0.2, -0.15) is 17.6 Å². The van der Waals surface area contributed by atoms with E-state index in [-0.39, 0.29) is 31.3 Å². The molecule has 4 nitrogen and oxygen atoms in total. The van der Waals surface area contributed by atoms with E-state index in [1.807, 2.05) is 0 Å². The van der Waals surface area contributed by atoms with Crippen LogP contribution in [-0.2, 0) is 20.6 Å².